The molecule has 0 bridgehead atoms. The van der Waals surface area contributed by atoms with Crippen molar-refractivity contribution < 1.29 is 16.5 Å². The van der Waals surface area contributed by atoms with Gasteiger partial charge in [-0.25, -0.2) is 4.99 Å². The third kappa shape index (κ3) is 24.2. The van der Waals surface area contributed by atoms with Crippen molar-refractivity contribution in [2.45, 2.75) is 214 Å². The van der Waals surface area contributed by atoms with Gasteiger partial charge in [0.2, 0.25) is 0 Å². The molecular formula is C49H78N2Ni. The normalized spacial score (nSPS) is 11.5. The van der Waals surface area contributed by atoms with Crippen LogP contribution in [0.25, 0.3) is 0 Å². The molecule has 0 aliphatic heterocycles. The van der Waals surface area contributed by atoms with E-state index in [-0.39, 0.29) is 16.5 Å². The number of aryl methyl sites for hydroxylation is 4. The fourth-order valence-corrected chi connectivity index (χ4v) is 6.91. The van der Waals surface area contributed by atoms with Crippen molar-refractivity contribution in [2.75, 3.05) is 0 Å². The maximum Gasteiger partial charge on any atom is 0.132 e. The molecule has 0 aromatic heterocycles. The van der Waals surface area contributed by atoms with E-state index in [1.54, 1.807) is 0 Å². The standard InChI is InChI=1S/C49H78N2.Ni/c1-6-11-16-17-18-19-20-21-22-23-24-25-30-35-47(51-49-40-45(33-28-14-9-4)37-46(41-49)34-29-15-10-5)42-50-48-38-43(31-26-12-7-2)36-44(39-48)32-27-13-8-3;/h36-42H,6-29,31-34H2,1-5H3;. The summed E-state index contributed by atoms with van der Waals surface area (Å²) in [5.74, 6) is 6.99. The topological polar surface area (TPSA) is 24.7 Å². The molecule has 0 aliphatic rings. The van der Waals surface area contributed by atoms with E-state index >= 15 is 0 Å². The van der Waals surface area contributed by atoms with Gasteiger partial charge >= 0.3 is 0 Å². The third-order valence-corrected chi connectivity index (χ3v) is 10.1. The minimum atomic E-state index is 0. The van der Waals surface area contributed by atoms with Crippen LogP contribution in [0.15, 0.2) is 46.4 Å². The van der Waals surface area contributed by atoms with Gasteiger partial charge in [0.15, 0.2) is 0 Å². The van der Waals surface area contributed by atoms with Gasteiger partial charge in [-0.15, -0.1) is 0 Å². The minimum absolute atomic E-state index is 0. The zero-order chi connectivity index (χ0) is 36.6. The van der Waals surface area contributed by atoms with E-state index in [4.69, 9.17) is 9.98 Å². The van der Waals surface area contributed by atoms with Crippen LogP contribution >= 0.6 is 0 Å². The number of hydrogen-bond donors (Lipinski definition) is 0. The number of unbranched alkanes of at least 4 members (excludes halogenated alkanes) is 19. The first-order chi connectivity index (χ1) is 25.1. The van der Waals surface area contributed by atoms with Crippen LogP contribution in [0.3, 0.4) is 0 Å². The molecule has 2 aromatic carbocycles. The third-order valence-electron chi connectivity index (χ3n) is 10.1. The molecule has 0 aliphatic carbocycles. The Morgan fingerprint density at radius 1 is 0.442 bits per heavy atom. The maximum atomic E-state index is 5.21. The molecule has 0 spiro atoms. The monoisotopic (exact) mass is 753 g/mol. The zero-order valence-electron chi connectivity index (χ0n) is 34.6. The fourth-order valence-electron chi connectivity index (χ4n) is 6.91. The molecule has 2 aromatic rings. The molecule has 0 radical (unpaired) electrons. The Kier molecular flexibility index (Phi) is 30.7. The van der Waals surface area contributed by atoms with Crippen molar-refractivity contribution in [3.05, 3.63) is 58.7 Å². The predicted molar refractivity (Wildman–Crippen MR) is 230 cm³/mol. The van der Waals surface area contributed by atoms with Crippen molar-refractivity contribution in [3.63, 3.8) is 0 Å². The van der Waals surface area contributed by atoms with Crippen LogP contribution in [0.4, 0.5) is 11.4 Å². The molecule has 0 unspecified atom stereocenters. The molecule has 0 saturated heterocycles. The first-order valence-electron chi connectivity index (χ1n) is 22.0. The molecule has 0 N–H and O–H groups in total. The van der Waals surface area contributed by atoms with Crippen molar-refractivity contribution in [3.8, 4) is 11.8 Å². The van der Waals surface area contributed by atoms with Crippen LogP contribution in [0.1, 0.15) is 211 Å². The smallest absolute Gasteiger partial charge is 0.132 e. The predicted octanol–water partition coefficient (Wildman–Crippen LogP) is 15.8. The molecule has 3 heteroatoms. The minimum Gasteiger partial charge on any atom is -0.254 e. The van der Waals surface area contributed by atoms with Gasteiger partial charge in [-0.05, 0) is 110 Å². The Hall–Kier alpha value is -2.17. The summed E-state index contributed by atoms with van der Waals surface area (Å²) in [5.41, 5.74) is 8.53. The summed E-state index contributed by atoms with van der Waals surface area (Å²) >= 11 is 0. The van der Waals surface area contributed by atoms with E-state index < -0.39 is 0 Å². The van der Waals surface area contributed by atoms with E-state index in [2.05, 4.69) is 82.9 Å². The summed E-state index contributed by atoms with van der Waals surface area (Å²) in [4.78, 5) is 10.3. The summed E-state index contributed by atoms with van der Waals surface area (Å²) < 4.78 is 0. The van der Waals surface area contributed by atoms with Crippen LogP contribution in [0, 0.1) is 11.8 Å². The van der Waals surface area contributed by atoms with Gasteiger partial charge < -0.3 is 0 Å². The van der Waals surface area contributed by atoms with E-state index in [1.165, 1.54) is 170 Å². The molecule has 0 amide bonds. The van der Waals surface area contributed by atoms with Crippen molar-refractivity contribution in [1.29, 1.82) is 0 Å². The number of rotatable bonds is 30. The largest absolute Gasteiger partial charge is 0.254 e. The number of benzene rings is 2. The van der Waals surface area contributed by atoms with Crippen LogP contribution in [0.5, 0.6) is 0 Å². The summed E-state index contributed by atoms with van der Waals surface area (Å²) in [6.45, 7) is 11.4. The summed E-state index contributed by atoms with van der Waals surface area (Å²) in [6, 6.07) is 14.1. The van der Waals surface area contributed by atoms with E-state index in [0.29, 0.717) is 0 Å². The Balaban J connectivity index is 0.0000135. The van der Waals surface area contributed by atoms with Crippen LogP contribution in [-0.2, 0) is 42.2 Å². The number of aliphatic imine (C=N–C) groups is 2. The molecule has 2 nitrogen and oxygen atoms in total. The van der Waals surface area contributed by atoms with Gasteiger partial charge in [0.05, 0.1) is 17.6 Å². The van der Waals surface area contributed by atoms with Crippen molar-refractivity contribution in [1.82, 2.24) is 0 Å². The van der Waals surface area contributed by atoms with Crippen molar-refractivity contribution >= 4 is 23.3 Å². The zero-order valence-corrected chi connectivity index (χ0v) is 35.5. The summed E-state index contributed by atoms with van der Waals surface area (Å²) in [6.07, 6.45) is 37.4. The number of nitrogens with zero attached hydrogens (tertiary/aromatic N) is 2. The second-order valence-electron chi connectivity index (χ2n) is 15.2. The van der Waals surface area contributed by atoms with Gasteiger partial charge in [-0.3, -0.25) is 4.99 Å². The van der Waals surface area contributed by atoms with Gasteiger partial charge in [0.25, 0.3) is 0 Å². The van der Waals surface area contributed by atoms with Crippen LogP contribution in [-0.4, -0.2) is 11.9 Å². The van der Waals surface area contributed by atoms with Crippen LogP contribution in [0.2, 0.25) is 0 Å². The summed E-state index contributed by atoms with van der Waals surface area (Å²) in [7, 11) is 0. The van der Waals surface area contributed by atoms with E-state index in [0.717, 1.165) is 49.2 Å². The second-order valence-corrected chi connectivity index (χ2v) is 15.2. The van der Waals surface area contributed by atoms with Gasteiger partial charge in [-0.2, -0.15) is 0 Å². The average molecular weight is 754 g/mol. The van der Waals surface area contributed by atoms with Crippen LogP contribution < -0.4 is 0 Å². The Labute approximate surface area is 333 Å². The Morgan fingerprint density at radius 2 is 0.788 bits per heavy atom. The molecule has 2 rings (SSSR count). The quantitative estimate of drug-likeness (QED) is 0.0328. The van der Waals surface area contributed by atoms with Gasteiger partial charge in [-0.1, -0.05) is 168 Å². The molecule has 0 saturated carbocycles. The second kappa shape index (κ2) is 33.4. The fraction of sp³-hybridized carbons (Fsp3) is 0.673. The molecule has 0 heterocycles. The van der Waals surface area contributed by atoms with Gasteiger partial charge in [0.1, 0.15) is 5.71 Å². The first-order valence-corrected chi connectivity index (χ1v) is 22.0. The average Bonchev–Trinajstić information content (AvgIpc) is 3.13. The molecule has 52 heavy (non-hydrogen) atoms. The number of hydrogen-bond acceptors (Lipinski definition) is 2. The summed E-state index contributed by atoms with van der Waals surface area (Å²) in [5, 5.41) is 0. The SMILES string of the molecule is CCCCCCCCCCCCCC#CC(C=Nc1cc(CCCCC)cc(CCCCC)c1)=Nc1cc(CCCCC)cc(CCCCC)c1.[Ni]. The Bertz CT molecular complexity index is 1220. The van der Waals surface area contributed by atoms with Crippen molar-refractivity contribution in [2.24, 2.45) is 9.98 Å². The molecule has 0 atom stereocenters. The Morgan fingerprint density at radius 3 is 1.19 bits per heavy atom. The molecule has 294 valence electrons. The van der Waals surface area contributed by atoms with Gasteiger partial charge in [0, 0.05) is 22.9 Å². The first kappa shape index (κ1) is 47.9. The van der Waals surface area contributed by atoms with E-state index in [9.17, 15) is 0 Å². The molecule has 0 fully saturated rings. The van der Waals surface area contributed by atoms with E-state index in [1.807, 2.05) is 6.21 Å². The molecular weight excluding hydrogens is 675 g/mol. The maximum absolute atomic E-state index is 5.21.